The Morgan fingerprint density at radius 2 is 2.00 bits per heavy atom. The fraction of sp³-hybridized carbons (Fsp3) is 0.389. The Labute approximate surface area is 154 Å². The lowest BCUT2D eigenvalue weighted by atomic mass is 10.1. The van der Waals surface area contributed by atoms with Gasteiger partial charge in [0.15, 0.2) is 0 Å². The Balaban J connectivity index is 0.00000312. The number of carbonyl (C=O) groups is 1. The molecular weight excluding hydrogens is 338 g/mol. The molecule has 0 saturated heterocycles. The van der Waals surface area contributed by atoms with E-state index >= 15 is 0 Å². The van der Waals surface area contributed by atoms with Crippen LogP contribution in [0.25, 0.3) is 0 Å². The molecule has 0 spiro atoms. The van der Waals surface area contributed by atoms with Crippen molar-refractivity contribution in [2.24, 2.45) is 0 Å². The molecule has 0 aliphatic rings. The average Bonchev–Trinajstić information content (AvgIpc) is 3.04. The lowest BCUT2D eigenvalue weighted by Crippen LogP contribution is -2.36. The summed E-state index contributed by atoms with van der Waals surface area (Å²) in [5.41, 5.74) is 2.66. The molecule has 0 bridgehead atoms. The van der Waals surface area contributed by atoms with E-state index in [1.54, 1.807) is 24.7 Å². The van der Waals surface area contributed by atoms with Gasteiger partial charge in [-0.05, 0) is 24.1 Å². The molecule has 0 fully saturated rings. The van der Waals surface area contributed by atoms with Crippen LogP contribution in [0.1, 0.15) is 43.0 Å². The van der Waals surface area contributed by atoms with Crippen molar-refractivity contribution in [2.45, 2.75) is 39.3 Å². The van der Waals surface area contributed by atoms with Gasteiger partial charge in [0, 0.05) is 19.3 Å². The standard InChI is InChI=1S/C18H23N5O.ClH/c1-2-3-4-9-21-18(24)22-12-17-11-20-14-23(17)13-16-7-5-15(10-19)6-8-16;/h5-8,11,14H,2-4,9,12-13H2,1H3,(H2,21,22,24);1H. The summed E-state index contributed by atoms with van der Waals surface area (Å²) in [5, 5.41) is 14.5. The largest absolute Gasteiger partial charge is 0.338 e. The van der Waals surface area contributed by atoms with Crippen molar-refractivity contribution in [3.05, 3.63) is 53.6 Å². The SMILES string of the molecule is CCCCCNC(=O)NCc1cncn1Cc1ccc(C#N)cc1.Cl. The summed E-state index contributed by atoms with van der Waals surface area (Å²) in [4.78, 5) is 15.9. The highest BCUT2D eigenvalue weighted by Gasteiger charge is 2.05. The van der Waals surface area contributed by atoms with E-state index in [9.17, 15) is 4.79 Å². The molecule has 2 aromatic rings. The lowest BCUT2D eigenvalue weighted by Gasteiger charge is -2.10. The molecule has 134 valence electrons. The third kappa shape index (κ3) is 6.86. The number of unbranched alkanes of at least 4 members (excludes halogenated alkanes) is 2. The first-order chi connectivity index (χ1) is 11.7. The van der Waals surface area contributed by atoms with Gasteiger partial charge in [0.2, 0.25) is 0 Å². The van der Waals surface area contributed by atoms with E-state index < -0.39 is 0 Å². The first kappa shape index (κ1) is 20.5. The van der Waals surface area contributed by atoms with Gasteiger partial charge in [0.25, 0.3) is 0 Å². The number of nitrogens with zero attached hydrogens (tertiary/aromatic N) is 3. The van der Waals surface area contributed by atoms with Gasteiger partial charge in [-0.3, -0.25) is 0 Å². The zero-order chi connectivity index (χ0) is 17.2. The van der Waals surface area contributed by atoms with Crippen LogP contribution >= 0.6 is 12.4 Å². The number of urea groups is 1. The molecule has 0 aliphatic carbocycles. The van der Waals surface area contributed by atoms with Crippen LogP contribution < -0.4 is 10.6 Å². The quantitative estimate of drug-likeness (QED) is 0.708. The van der Waals surface area contributed by atoms with Crippen molar-refractivity contribution < 1.29 is 4.79 Å². The highest BCUT2D eigenvalue weighted by molar-refractivity contribution is 5.85. The summed E-state index contributed by atoms with van der Waals surface area (Å²) in [6.07, 6.45) is 6.76. The van der Waals surface area contributed by atoms with Gasteiger partial charge in [-0.1, -0.05) is 31.9 Å². The second-order valence-corrected chi connectivity index (χ2v) is 5.64. The summed E-state index contributed by atoms with van der Waals surface area (Å²) >= 11 is 0. The molecule has 0 unspecified atom stereocenters. The first-order valence-electron chi connectivity index (χ1n) is 8.22. The number of nitrogens with one attached hydrogen (secondary N) is 2. The Morgan fingerprint density at radius 3 is 2.68 bits per heavy atom. The van der Waals surface area contributed by atoms with Crippen molar-refractivity contribution in [2.75, 3.05) is 6.54 Å². The molecule has 25 heavy (non-hydrogen) atoms. The van der Waals surface area contributed by atoms with Crippen molar-refractivity contribution in [3.8, 4) is 6.07 Å². The molecule has 0 radical (unpaired) electrons. The molecule has 0 aliphatic heterocycles. The molecule has 0 saturated carbocycles. The van der Waals surface area contributed by atoms with E-state index in [-0.39, 0.29) is 18.4 Å². The van der Waals surface area contributed by atoms with Gasteiger partial charge >= 0.3 is 6.03 Å². The van der Waals surface area contributed by atoms with Crippen LogP contribution in [0.3, 0.4) is 0 Å². The zero-order valence-corrected chi connectivity index (χ0v) is 15.2. The third-order valence-corrected chi connectivity index (χ3v) is 3.73. The highest BCUT2D eigenvalue weighted by Crippen LogP contribution is 2.08. The number of imidazole rings is 1. The molecule has 2 rings (SSSR count). The van der Waals surface area contributed by atoms with Gasteiger partial charge in [-0.2, -0.15) is 5.26 Å². The summed E-state index contributed by atoms with van der Waals surface area (Å²) in [5.74, 6) is 0. The van der Waals surface area contributed by atoms with Gasteiger partial charge in [0.05, 0.1) is 30.2 Å². The summed E-state index contributed by atoms with van der Waals surface area (Å²) in [6, 6.07) is 9.41. The Bertz CT molecular complexity index is 690. The van der Waals surface area contributed by atoms with Crippen LogP contribution in [0.5, 0.6) is 0 Å². The maximum absolute atomic E-state index is 11.8. The molecular formula is C18H24ClN5O. The molecule has 0 atom stereocenters. The fourth-order valence-corrected chi connectivity index (χ4v) is 2.33. The molecule has 1 heterocycles. The number of benzene rings is 1. The second-order valence-electron chi connectivity index (χ2n) is 5.64. The minimum Gasteiger partial charge on any atom is -0.338 e. The van der Waals surface area contributed by atoms with Crippen LogP contribution in [0, 0.1) is 11.3 Å². The molecule has 6 nitrogen and oxygen atoms in total. The van der Waals surface area contributed by atoms with E-state index in [0.717, 1.165) is 30.5 Å². The van der Waals surface area contributed by atoms with Gasteiger partial charge in [0.1, 0.15) is 0 Å². The van der Waals surface area contributed by atoms with Crippen molar-refractivity contribution in [1.29, 1.82) is 5.26 Å². The molecule has 2 N–H and O–H groups in total. The maximum Gasteiger partial charge on any atom is 0.315 e. The fourth-order valence-electron chi connectivity index (χ4n) is 2.33. The predicted molar refractivity (Wildman–Crippen MR) is 99.5 cm³/mol. The van der Waals surface area contributed by atoms with Gasteiger partial charge in [-0.25, -0.2) is 9.78 Å². The number of hydrogen-bond acceptors (Lipinski definition) is 3. The molecule has 2 amide bonds. The second kappa shape index (κ2) is 11.1. The Morgan fingerprint density at radius 1 is 1.24 bits per heavy atom. The number of nitriles is 1. The molecule has 1 aromatic carbocycles. The first-order valence-corrected chi connectivity index (χ1v) is 8.22. The van der Waals surface area contributed by atoms with Crippen LogP contribution in [0.4, 0.5) is 4.79 Å². The number of hydrogen-bond donors (Lipinski definition) is 2. The molecule has 1 aromatic heterocycles. The zero-order valence-electron chi connectivity index (χ0n) is 14.4. The predicted octanol–water partition coefficient (Wildman–Crippen LogP) is 3.21. The minimum absolute atomic E-state index is 0. The normalized spacial score (nSPS) is 9.76. The van der Waals surface area contributed by atoms with Crippen LogP contribution in [-0.2, 0) is 13.1 Å². The maximum atomic E-state index is 11.8. The average molecular weight is 362 g/mol. The highest BCUT2D eigenvalue weighted by atomic mass is 35.5. The van der Waals surface area contributed by atoms with Crippen LogP contribution in [0.15, 0.2) is 36.8 Å². The monoisotopic (exact) mass is 361 g/mol. The summed E-state index contributed by atoms with van der Waals surface area (Å²) in [6.45, 7) is 3.91. The van der Waals surface area contributed by atoms with Crippen LogP contribution in [-0.4, -0.2) is 22.1 Å². The lowest BCUT2D eigenvalue weighted by molar-refractivity contribution is 0.240. The van der Waals surface area contributed by atoms with Gasteiger partial charge < -0.3 is 15.2 Å². The van der Waals surface area contributed by atoms with E-state index in [2.05, 4.69) is 28.6 Å². The van der Waals surface area contributed by atoms with Gasteiger partial charge in [-0.15, -0.1) is 12.4 Å². The van der Waals surface area contributed by atoms with Crippen molar-refractivity contribution in [3.63, 3.8) is 0 Å². The Kier molecular flexibility index (Phi) is 9.12. The number of halogens is 1. The van der Waals surface area contributed by atoms with E-state index in [1.807, 2.05) is 16.7 Å². The number of rotatable bonds is 8. The Hall–Kier alpha value is -2.52. The van der Waals surface area contributed by atoms with Crippen molar-refractivity contribution >= 4 is 18.4 Å². The number of amides is 2. The van der Waals surface area contributed by atoms with Crippen LogP contribution in [0.2, 0.25) is 0 Å². The van der Waals surface area contributed by atoms with E-state index in [1.165, 1.54) is 0 Å². The minimum atomic E-state index is -0.155. The summed E-state index contributed by atoms with van der Waals surface area (Å²) < 4.78 is 1.98. The third-order valence-electron chi connectivity index (χ3n) is 3.73. The smallest absolute Gasteiger partial charge is 0.315 e. The molecule has 7 heteroatoms. The van der Waals surface area contributed by atoms with E-state index in [0.29, 0.717) is 25.2 Å². The van der Waals surface area contributed by atoms with E-state index in [4.69, 9.17) is 5.26 Å². The number of carbonyl (C=O) groups excluding carboxylic acids is 1. The van der Waals surface area contributed by atoms with Crippen molar-refractivity contribution in [1.82, 2.24) is 20.2 Å². The topological polar surface area (TPSA) is 82.7 Å². The summed E-state index contributed by atoms with van der Waals surface area (Å²) in [7, 11) is 0. The number of aromatic nitrogens is 2.